The summed E-state index contributed by atoms with van der Waals surface area (Å²) in [7, 11) is 0. The standard InChI is InChI=1S/C15H12ClN3OS/c1-2-19-14(20)12-4-3-9-17-13(12)21-15(19)18-11-7-5-10(16)6-8-11/h3-9H,2H2,1H3/b18-15-. The molecule has 0 bridgehead atoms. The third kappa shape index (κ3) is 2.75. The molecule has 0 amide bonds. The molecule has 0 aliphatic carbocycles. The zero-order valence-corrected chi connectivity index (χ0v) is 12.9. The third-order valence-corrected chi connectivity index (χ3v) is 4.30. The van der Waals surface area contributed by atoms with Gasteiger partial charge in [0.1, 0.15) is 4.83 Å². The van der Waals surface area contributed by atoms with Crippen molar-refractivity contribution in [2.75, 3.05) is 0 Å². The summed E-state index contributed by atoms with van der Waals surface area (Å²) in [5, 5.41) is 1.28. The second kappa shape index (κ2) is 5.79. The number of rotatable bonds is 2. The SMILES string of the molecule is CCn1c(=O)c2cccnc2s/c1=N\c1ccc(Cl)cc1. The van der Waals surface area contributed by atoms with E-state index in [2.05, 4.69) is 9.98 Å². The van der Waals surface area contributed by atoms with Crippen molar-refractivity contribution < 1.29 is 0 Å². The molecule has 0 radical (unpaired) electrons. The van der Waals surface area contributed by atoms with Gasteiger partial charge < -0.3 is 0 Å². The monoisotopic (exact) mass is 317 g/mol. The van der Waals surface area contributed by atoms with Crippen molar-refractivity contribution in [2.45, 2.75) is 13.5 Å². The van der Waals surface area contributed by atoms with E-state index in [9.17, 15) is 4.79 Å². The van der Waals surface area contributed by atoms with Crippen molar-refractivity contribution in [3.8, 4) is 0 Å². The van der Waals surface area contributed by atoms with Crippen molar-refractivity contribution in [2.24, 2.45) is 4.99 Å². The molecule has 0 atom stereocenters. The Hall–Kier alpha value is -1.98. The lowest BCUT2D eigenvalue weighted by Gasteiger charge is -2.04. The molecule has 0 spiro atoms. The number of halogens is 1. The van der Waals surface area contributed by atoms with E-state index < -0.39 is 0 Å². The quantitative estimate of drug-likeness (QED) is 0.727. The molecule has 0 unspecified atom stereocenters. The smallest absolute Gasteiger partial charge is 0.263 e. The Balaban J connectivity index is 2.31. The summed E-state index contributed by atoms with van der Waals surface area (Å²) in [5.74, 6) is 0. The number of aromatic nitrogens is 2. The molecule has 0 saturated heterocycles. The van der Waals surface area contributed by atoms with Crippen LogP contribution in [-0.2, 0) is 6.54 Å². The molecule has 0 saturated carbocycles. The van der Waals surface area contributed by atoms with Gasteiger partial charge in [0.2, 0.25) is 0 Å². The van der Waals surface area contributed by atoms with Crippen molar-refractivity contribution in [1.29, 1.82) is 0 Å². The molecule has 0 N–H and O–H groups in total. The highest BCUT2D eigenvalue weighted by atomic mass is 35.5. The van der Waals surface area contributed by atoms with Crippen LogP contribution in [0.25, 0.3) is 10.2 Å². The van der Waals surface area contributed by atoms with Gasteiger partial charge in [0.15, 0.2) is 4.80 Å². The lowest BCUT2D eigenvalue weighted by atomic mass is 10.3. The van der Waals surface area contributed by atoms with Crippen LogP contribution in [0.3, 0.4) is 0 Å². The number of hydrogen-bond donors (Lipinski definition) is 0. The highest BCUT2D eigenvalue weighted by molar-refractivity contribution is 7.15. The molecule has 4 nitrogen and oxygen atoms in total. The predicted octanol–water partition coefficient (Wildman–Crippen LogP) is 3.36. The first-order valence-corrected chi connectivity index (χ1v) is 7.67. The van der Waals surface area contributed by atoms with Gasteiger partial charge in [0.05, 0.1) is 11.1 Å². The number of fused-ring (bicyclic) bond motifs is 1. The molecule has 6 heteroatoms. The van der Waals surface area contributed by atoms with Crippen LogP contribution in [0, 0.1) is 0 Å². The van der Waals surface area contributed by atoms with Gasteiger partial charge in [-0.05, 0) is 43.3 Å². The van der Waals surface area contributed by atoms with E-state index in [1.807, 2.05) is 19.1 Å². The van der Waals surface area contributed by atoms with Crippen LogP contribution in [-0.4, -0.2) is 9.55 Å². The maximum absolute atomic E-state index is 12.5. The third-order valence-electron chi connectivity index (χ3n) is 3.03. The summed E-state index contributed by atoms with van der Waals surface area (Å²) < 4.78 is 1.66. The molecule has 3 aromatic rings. The molecular formula is C15H12ClN3OS. The van der Waals surface area contributed by atoms with E-state index in [1.165, 1.54) is 11.3 Å². The zero-order valence-electron chi connectivity index (χ0n) is 11.3. The number of benzene rings is 1. The van der Waals surface area contributed by atoms with Crippen LogP contribution in [0.2, 0.25) is 5.02 Å². The van der Waals surface area contributed by atoms with Crippen molar-refractivity contribution >= 4 is 38.8 Å². The Morgan fingerprint density at radius 3 is 2.76 bits per heavy atom. The van der Waals surface area contributed by atoms with Crippen LogP contribution in [0.15, 0.2) is 52.4 Å². The topological polar surface area (TPSA) is 47.2 Å². The van der Waals surface area contributed by atoms with E-state index >= 15 is 0 Å². The Labute approximate surface area is 130 Å². The van der Waals surface area contributed by atoms with Gasteiger partial charge in [0, 0.05) is 17.8 Å². The summed E-state index contributed by atoms with van der Waals surface area (Å²) in [6.07, 6.45) is 1.68. The zero-order chi connectivity index (χ0) is 14.8. The second-order valence-corrected chi connectivity index (χ2v) is 5.77. The summed E-state index contributed by atoms with van der Waals surface area (Å²) in [6.45, 7) is 2.49. The Morgan fingerprint density at radius 2 is 2.05 bits per heavy atom. The van der Waals surface area contributed by atoms with E-state index in [-0.39, 0.29) is 5.56 Å². The summed E-state index contributed by atoms with van der Waals surface area (Å²) >= 11 is 7.28. The maximum Gasteiger partial charge on any atom is 0.263 e. The highest BCUT2D eigenvalue weighted by Gasteiger charge is 2.06. The molecule has 2 aromatic heterocycles. The van der Waals surface area contributed by atoms with Crippen LogP contribution in [0.4, 0.5) is 5.69 Å². The molecule has 3 rings (SSSR count). The van der Waals surface area contributed by atoms with Gasteiger partial charge >= 0.3 is 0 Å². The first-order valence-electron chi connectivity index (χ1n) is 6.48. The fourth-order valence-corrected chi connectivity index (χ4v) is 3.15. The van der Waals surface area contributed by atoms with Gasteiger partial charge in [0.25, 0.3) is 5.56 Å². The first-order chi connectivity index (χ1) is 10.2. The number of hydrogen-bond acceptors (Lipinski definition) is 4. The van der Waals surface area contributed by atoms with Gasteiger partial charge in [-0.2, -0.15) is 0 Å². The molecule has 21 heavy (non-hydrogen) atoms. The van der Waals surface area contributed by atoms with Crippen LogP contribution in [0.5, 0.6) is 0 Å². The highest BCUT2D eigenvalue weighted by Crippen LogP contribution is 2.16. The molecule has 2 heterocycles. The minimum atomic E-state index is -0.0629. The minimum Gasteiger partial charge on any atom is -0.284 e. The largest absolute Gasteiger partial charge is 0.284 e. The average molecular weight is 318 g/mol. The fraction of sp³-hybridized carbons (Fsp3) is 0.133. The van der Waals surface area contributed by atoms with E-state index in [0.29, 0.717) is 26.6 Å². The predicted molar refractivity (Wildman–Crippen MR) is 86.2 cm³/mol. The van der Waals surface area contributed by atoms with Crippen LogP contribution in [0.1, 0.15) is 6.92 Å². The van der Waals surface area contributed by atoms with E-state index in [4.69, 9.17) is 11.6 Å². The molecule has 0 fully saturated rings. The molecule has 0 aliphatic heterocycles. The molecule has 106 valence electrons. The average Bonchev–Trinajstić information content (AvgIpc) is 2.50. The van der Waals surface area contributed by atoms with Crippen molar-refractivity contribution in [3.63, 3.8) is 0 Å². The Morgan fingerprint density at radius 1 is 1.29 bits per heavy atom. The van der Waals surface area contributed by atoms with Crippen molar-refractivity contribution in [1.82, 2.24) is 9.55 Å². The normalized spacial score (nSPS) is 12.0. The lowest BCUT2D eigenvalue weighted by Crippen LogP contribution is -2.31. The molecule has 1 aromatic carbocycles. The van der Waals surface area contributed by atoms with Gasteiger partial charge in [-0.1, -0.05) is 22.9 Å². The van der Waals surface area contributed by atoms with Gasteiger partial charge in [-0.3, -0.25) is 9.36 Å². The number of pyridine rings is 1. The second-order valence-electron chi connectivity index (χ2n) is 4.38. The molecule has 0 aliphatic rings. The summed E-state index contributed by atoms with van der Waals surface area (Å²) in [4.78, 5) is 22.6. The van der Waals surface area contributed by atoms with Crippen molar-refractivity contribution in [3.05, 3.63) is 62.8 Å². The fourth-order valence-electron chi connectivity index (χ4n) is 2.00. The van der Waals surface area contributed by atoms with Gasteiger partial charge in [-0.15, -0.1) is 0 Å². The first kappa shape index (κ1) is 14.0. The van der Waals surface area contributed by atoms with Gasteiger partial charge in [-0.25, -0.2) is 9.98 Å². The van der Waals surface area contributed by atoms with Crippen LogP contribution < -0.4 is 10.4 Å². The van der Waals surface area contributed by atoms with Crippen LogP contribution >= 0.6 is 22.9 Å². The maximum atomic E-state index is 12.5. The summed E-state index contributed by atoms with van der Waals surface area (Å²) in [6, 6.07) is 10.8. The Kier molecular flexibility index (Phi) is 3.86. The molecular weight excluding hydrogens is 306 g/mol. The minimum absolute atomic E-state index is 0.0629. The number of nitrogens with zero attached hydrogens (tertiary/aromatic N) is 3. The Bertz CT molecular complexity index is 913. The van der Waals surface area contributed by atoms with E-state index in [1.54, 1.807) is 35.0 Å². The summed E-state index contributed by atoms with van der Waals surface area (Å²) in [5.41, 5.74) is 0.694. The van der Waals surface area contributed by atoms with E-state index in [0.717, 1.165) is 5.69 Å². The lowest BCUT2D eigenvalue weighted by molar-refractivity contribution is 0.708.